The molecule has 0 spiro atoms. The summed E-state index contributed by atoms with van der Waals surface area (Å²) in [6.45, 7) is 1.66. The molecule has 2 heteroatoms. The highest BCUT2D eigenvalue weighted by molar-refractivity contribution is 5.82. The monoisotopic (exact) mass is 248 g/mol. The van der Waals surface area contributed by atoms with Crippen molar-refractivity contribution in [3.8, 4) is 0 Å². The van der Waals surface area contributed by atoms with Crippen molar-refractivity contribution >= 4 is 10.8 Å². The zero-order chi connectivity index (χ0) is 12.9. The molecule has 94 valence electrons. The van der Waals surface area contributed by atoms with Gasteiger partial charge in [-0.1, -0.05) is 42.5 Å². The fourth-order valence-electron chi connectivity index (χ4n) is 2.19. The molecule has 0 bridgehead atoms. The van der Waals surface area contributed by atoms with E-state index < -0.39 is 0 Å². The number of nitrogens with one attached hydrogen (secondary N) is 1. The van der Waals surface area contributed by atoms with E-state index in [2.05, 4.69) is 52.8 Å². The summed E-state index contributed by atoms with van der Waals surface area (Å²) in [7, 11) is 0. The predicted octanol–water partition coefficient (Wildman–Crippen LogP) is 3.52. The molecule has 0 amide bonds. The Morgan fingerprint density at radius 1 is 0.789 bits per heavy atom. The largest absolute Gasteiger partial charge is 0.307 e. The van der Waals surface area contributed by atoms with Crippen LogP contribution in [0, 0.1) is 0 Å². The quantitative estimate of drug-likeness (QED) is 0.764. The molecule has 0 saturated carbocycles. The molecule has 0 aliphatic heterocycles. The first-order chi connectivity index (χ1) is 9.42. The second-order valence-electron chi connectivity index (χ2n) is 4.61. The molecule has 0 fully saturated rings. The number of rotatable bonds is 4. The normalized spacial score (nSPS) is 10.7. The van der Waals surface area contributed by atoms with Gasteiger partial charge in [-0.05, 0) is 34.5 Å². The van der Waals surface area contributed by atoms with Crippen LogP contribution in [0.25, 0.3) is 10.8 Å². The molecule has 0 unspecified atom stereocenters. The fraction of sp³-hybridized carbons (Fsp3) is 0.118. The van der Waals surface area contributed by atoms with E-state index in [4.69, 9.17) is 0 Å². The van der Waals surface area contributed by atoms with Gasteiger partial charge in [-0.15, -0.1) is 0 Å². The molecule has 3 aromatic rings. The van der Waals surface area contributed by atoms with Crippen LogP contribution in [0.15, 0.2) is 66.9 Å². The van der Waals surface area contributed by atoms with Gasteiger partial charge in [-0.3, -0.25) is 4.98 Å². The van der Waals surface area contributed by atoms with Gasteiger partial charge in [0.05, 0.1) is 5.69 Å². The van der Waals surface area contributed by atoms with Crippen LogP contribution in [0.1, 0.15) is 11.3 Å². The average Bonchev–Trinajstić information content (AvgIpc) is 2.48. The summed E-state index contributed by atoms with van der Waals surface area (Å²) >= 11 is 0. The molecule has 19 heavy (non-hydrogen) atoms. The minimum Gasteiger partial charge on any atom is -0.307 e. The van der Waals surface area contributed by atoms with Crippen molar-refractivity contribution in [2.75, 3.05) is 0 Å². The standard InChI is InChI=1S/C17H16N2/c1-2-6-16-11-14(8-9-15(16)5-1)12-18-13-17-7-3-4-10-19-17/h1-11,18H,12-13H2. The van der Waals surface area contributed by atoms with Crippen molar-refractivity contribution in [1.29, 1.82) is 0 Å². The molecular formula is C17H16N2. The predicted molar refractivity (Wildman–Crippen MR) is 78.7 cm³/mol. The smallest absolute Gasteiger partial charge is 0.0541 e. The van der Waals surface area contributed by atoms with Gasteiger partial charge >= 0.3 is 0 Å². The van der Waals surface area contributed by atoms with Crippen LogP contribution in [-0.4, -0.2) is 4.98 Å². The van der Waals surface area contributed by atoms with Crippen molar-refractivity contribution in [2.24, 2.45) is 0 Å². The van der Waals surface area contributed by atoms with Gasteiger partial charge < -0.3 is 5.32 Å². The maximum absolute atomic E-state index is 4.30. The van der Waals surface area contributed by atoms with E-state index in [0.29, 0.717) is 0 Å². The minimum atomic E-state index is 0.799. The van der Waals surface area contributed by atoms with Gasteiger partial charge in [0.25, 0.3) is 0 Å². The Hall–Kier alpha value is -2.19. The molecular weight excluding hydrogens is 232 g/mol. The number of hydrogen-bond acceptors (Lipinski definition) is 2. The summed E-state index contributed by atoms with van der Waals surface area (Å²) in [5, 5.41) is 6.00. The third-order valence-electron chi connectivity index (χ3n) is 3.18. The molecule has 1 N–H and O–H groups in total. The highest BCUT2D eigenvalue weighted by Crippen LogP contribution is 2.15. The first-order valence-corrected chi connectivity index (χ1v) is 6.50. The summed E-state index contributed by atoms with van der Waals surface area (Å²) in [6.07, 6.45) is 1.83. The molecule has 0 radical (unpaired) electrons. The number of pyridine rings is 1. The lowest BCUT2D eigenvalue weighted by molar-refractivity contribution is 0.680. The summed E-state index contributed by atoms with van der Waals surface area (Å²) in [6, 6.07) is 21.0. The second kappa shape index (κ2) is 5.63. The topological polar surface area (TPSA) is 24.9 Å². The van der Waals surface area contributed by atoms with Crippen LogP contribution in [0.4, 0.5) is 0 Å². The van der Waals surface area contributed by atoms with Gasteiger partial charge in [-0.2, -0.15) is 0 Å². The fourth-order valence-corrected chi connectivity index (χ4v) is 2.19. The number of nitrogens with zero attached hydrogens (tertiary/aromatic N) is 1. The van der Waals surface area contributed by atoms with Crippen molar-refractivity contribution < 1.29 is 0 Å². The Morgan fingerprint density at radius 3 is 2.47 bits per heavy atom. The highest BCUT2D eigenvalue weighted by Gasteiger charge is 1.97. The zero-order valence-corrected chi connectivity index (χ0v) is 10.7. The van der Waals surface area contributed by atoms with Crippen LogP contribution in [0.3, 0.4) is 0 Å². The van der Waals surface area contributed by atoms with E-state index in [-0.39, 0.29) is 0 Å². The first kappa shape index (κ1) is 11.9. The Labute approximate surface area is 113 Å². The second-order valence-corrected chi connectivity index (χ2v) is 4.61. The number of fused-ring (bicyclic) bond motifs is 1. The Balaban J connectivity index is 1.65. The van der Waals surface area contributed by atoms with Crippen LogP contribution < -0.4 is 5.32 Å². The van der Waals surface area contributed by atoms with E-state index in [9.17, 15) is 0 Å². The van der Waals surface area contributed by atoms with E-state index in [1.165, 1.54) is 16.3 Å². The van der Waals surface area contributed by atoms with Gasteiger partial charge in [0.1, 0.15) is 0 Å². The lowest BCUT2D eigenvalue weighted by atomic mass is 10.1. The first-order valence-electron chi connectivity index (χ1n) is 6.50. The van der Waals surface area contributed by atoms with Crippen LogP contribution in [0.2, 0.25) is 0 Å². The SMILES string of the molecule is c1ccc(CNCc2ccc3ccccc3c2)nc1. The van der Waals surface area contributed by atoms with Gasteiger partial charge in [0.15, 0.2) is 0 Å². The molecule has 2 aromatic carbocycles. The maximum Gasteiger partial charge on any atom is 0.0541 e. The Bertz CT molecular complexity index is 662. The molecule has 0 atom stereocenters. The summed E-state index contributed by atoms with van der Waals surface area (Å²) in [4.78, 5) is 4.30. The lowest BCUT2D eigenvalue weighted by Crippen LogP contribution is -2.13. The molecule has 0 aliphatic carbocycles. The molecule has 0 saturated heterocycles. The zero-order valence-electron chi connectivity index (χ0n) is 10.7. The van der Waals surface area contributed by atoms with Gasteiger partial charge in [-0.25, -0.2) is 0 Å². The molecule has 1 heterocycles. The number of aromatic nitrogens is 1. The van der Waals surface area contributed by atoms with E-state index in [0.717, 1.165) is 18.8 Å². The average molecular weight is 248 g/mol. The molecule has 1 aromatic heterocycles. The third-order valence-corrected chi connectivity index (χ3v) is 3.18. The molecule has 0 aliphatic rings. The highest BCUT2D eigenvalue weighted by atomic mass is 14.9. The Kier molecular flexibility index (Phi) is 3.52. The molecule has 3 rings (SSSR count). The van der Waals surface area contributed by atoms with Crippen LogP contribution in [-0.2, 0) is 13.1 Å². The van der Waals surface area contributed by atoms with E-state index in [1.54, 1.807) is 0 Å². The third kappa shape index (κ3) is 2.98. The van der Waals surface area contributed by atoms with Crippen molar-refractivity contribution in [2.45, 2.75) is 13.1 Å². The number of hydrogen-bond donors (Lipinski definition) is 1. The van der Waals surface area contributed by atoms with Crippen molar-refractivity contribution in [1.82, 2.24) is 10.3 Å². The Morgan fingerprint density at radius 2 is 1.63 bits per heavy atom. The molecule has 2 nitrogen and oxygen atoms in total. The number of benzene rings is 2. The summed E-state index contributed by atoms with van der Waals surface area (Å²) in [5.74, 6) is 0. The van der Waals surface area contributed by atoms with Gasteiger partial charge in [0, 0.05) is 19.3 Å². The van der Waals surface area contributed by atoms with E-state index >= 15 is 0 Å². The van der Waals surface area contributed by atoms with Crippen molar-refractivity contribution in [3.63, 3.8) is 0 Å². The summed E-state index contributed by atoms with van der Waals surface area (Å²) < 4.78 is 0. The van der Waals surface area contributed by atoms with Crippen LogP contribution in [0.5, 0.6) is 0 Å². The maximum atomic E-state index is 4.30. The minimum absolute atomic E-state index is 0.799. The van der Waals surface area contributed by atoms with Crippen LogP contribution >= 0.6 is 0 Å². The van der Waals surface area contributed by atoms with Crippen molar-refractivity contribution in [3.05, 3.63) is 78.1 Å². The van der Waals surface area contributed by atoms with E-state index in [1.807, 2.05) is 24.4 Å². The summed E-state index contributed by atoms with van der Waals surface area (Å²) in [5.41, 5.74) is 2.37. The lowest BCUT2D eigenvalue weighted by Gasteiger charge is -2.06. The van der Waals surface area contributed by atoms with Gasteiger partial charge in [0.2, 0.25) is 0 Å².